The fourth-order valence-electron chi connectivity index (χ4n) is 2.56. The van der Waals surface area contributed by atoms with Crippen LogP contribution in [0, 0.1) is 0 Å². The molecule has 0 saturated carbocycles. The lowest BCUT2D eigenvalue weighted by molar-refractivity contribution is 0.0944. The van der Waals surface area contributed by atoms with Crippen LogP contribution >= 0.6 is 0 Å². The lowest BCUT2D eigenvalue weighted by Gasteiger charge is -2.33. The van der Waals surface area contributed by atoms with E-state index in [1.807, 2.05) is 12.1 Å². The van der Waals surface area contributed by atoms with Crippen LogP contribution in [0.3, 0.4) is 0 Å². The number of piperidine rings is 1. The van der Waals surface area contributed by atoms with Gasteiger partial charge in [-0.25, -0.2) is 0 Å². The Morgan fingerprint density at radius 3 is 3.11 bits per heavy atom. The molecule has 1 unspecified atom stereocenters. The molecule has 4 heteroatoms. The fraction of sp³-hybridized carbons (Fsp3) is 0.600. The summed E-state index contributed by atoms with van der Waals surface area (Å²) < 4.78 is 0. The number of aromatic nitrogens is 1. The van der Waals surface area contributed by atoms with Crippen molar-refractivity contribution in [1.82, 2.24) is 15.2 Å². The standard InChI is InChI=1S/C15H23N3O/c1-13-7-3-5-11-18(13)12-6-10-17-15(19)14-8-2-4-9-16-14/h2,4,8-9,13H,3,5-7,10-12H2,1H3,(H,17,19). The second-order valence-corrected chi connectivity index (χ2v) is 5.21. The van der Waals surface area contributed by atoms with Crippen LogP contribution in [0.5, 0.6) is 0 Å². The van der Waals surface area contributed by atoms with Gasteiger partial charge in [0.2, 0.25) is 0 Å². The predicted molar refractivity (Wildman–Crippen MR) is 76.1 cm³/mol. The van der Waals surface area contributed by atoms with Crippen molar-refractivity contribution >= 4 is 5.91 Å². The minimum absolute atomic E-state index is 0.0766. The molecule has 2 rings (SSSR count). The Bertz CT molecular complexity index is 394. The minimum Gasteiger partial charge on any atom is -0.351 e. The molecule has 0 radical (unpaired) electrons. The van der Waals surface area contributed by atoms with E-state index in [2.05, 4.69) is 22.1 Å². The molecule has 0 spiro atoms. The molecule has 19 heavy (non-hydrogen) atoms. The molecule has 2 heterocycles. The van der Waals surface area contributed by atoms with Crippen LogP contribution in [0.4, 0.5) is 0 Å². The average Bonchev–Trinajstić information content (AvgIpc) is 2.46. The van der Waals surface area contributed by atoms with E-state index in [1.165, 1.54) is 25.8 Å². The summed E-state index contributed by atoms with van der Waals surface area (Å²) in [6, 6.07) is 6.08. The van der Waals surface area contributed by atoms with Gasteiger partial charge in [-0.3, -0.25) is 9.78 Å². The number of likely N-dealkylation sites (tertiary alicyclic amines) is 1. The maximum Gasteiger partial charge on any atom is 0.269 e. The minimum atomic E-state index is -0.0766. The van der Waals surface area contributed by atoms with Gasteiger partial charge in [-0.05, 0) is 44.9 Å². The van der Waals surface area contributed by atoms with Gasteiger partial charge < -0.3 is 10.2 Å². The zero-order valence-electron chi connectivity index (χ0n) is 11.6. The van der Waals surface area contributed by atoms with Crippen LogP contribution in [0.15, 0.2) is 24.4 Å². The van der Waals surface area contributed by atoms with Crippen LogP contribution in [-0.4, -0.2) is 41.5 Å². The number of amides is 1. The molecule has 1 saturated heterocycles. The smallest absolute Gasteiger partial charge is 0.269 e. The van der Waals surface area contributed by atoms with E-state index in [1.54, 1.807) is 12.3 Å². The number of hydrogen-bond donors (Lipinski definition) is 1. The Balaban J connectivity index is 1.65. The SMILES string of the molecule is CC1CCCCN1CCCNC(=O)c1ccccn1. The van der Waals surface area contributed by atoms with Crippen LogP contribution in [0.25, 0.3) is 0 Å². The summed E-state index contributed by atoms with van der Waals surface area (Å²) in [6.07, 6.45) is 6.62. The summed E-state index contributed by atoms with van der Waals surface area (Å²) in [5.74, 6) is -0.0766. The van der Waals surface area contributed by atoms with E-state index in [0.29, 0.717) is 11.7 Å². The molecule has 104 valence electrons. The number of carbonyl (C=O) groups excluding carboxylic acids is 1. The van der Waals surface area contributed by atoms with Crippen molar-refractivity contribution in [3.8, 4) is 0 Å². The third-order valence-corrected chi connectivity index (χ3v) is 3.75. The Kier molecular flexibility index (Phi) is 5.33. The summed E-state index contributed by atoms with van der Waals surface area (Å²) in [5.41, 5.74) is 0.494. The molecule has 0 aromatic carbocycles. The highest BCUT2D eigenvalue weighted by Gasteiger charge is 2.17. The largest absolute Gasteiger partial charge is 0.351 e. The number of nitrogens with zero attached hydrogens (tertiary/aromatic N) is 2. The van der Waals surface area contributed by atoms with Gasteiger partial charge in [0.25, 0.3) is 5.91 Å². The van der Waals surface area contributed by atoms with Crippen molar-refractivity contribution in [2.24, 2.45) is 0 Å². The molecule has 4 nitrogen and oxygen atoms in total. The van der Waals surface area contributed by atoms with Gasteiger partial charge in [0.1, 0.15) is 5.69 Å². The van der Waals surface area contributed by atoms with Crippen molar-refractivity contribution in [2.75, 3.05) is 19.6 Å². The lowest BCUT2D eigenvalue weighted by Crippen LogP contribution is -2.39. The van der Waals surface area contributed by atoms with Crippen LogP contribution < -0.4 is 5.32 Å². The maximum absolute atomic E-state index is 11.8. The molecular formula is C15H23N3O. The van der Waals surface area contributed by atoms with Crippen molar-refractivity contribution < 1.29 is 4.79 Å². The highest BCUT2D eigenvalue weighted by Crippen LogP contribution is 2.15. The highest BCUT2D eigenvalue weighted by atomic mass is 16.1. The first-order valence-corrected chi connectivity index (χ1v) is 7.20. The molecular weight excluding hydrogens is 238 g/mol. The summed E-state index contributed by atoms with van der Waals surface area (Å²) in [6.45, 7) is 5.29. The van der Waals surface area contributed by atoms with Crippen molar-refractivity contribution in [2.45, 2.75) is 38.6 Å². The van der Waals surface area contributed by atoms with E-state index in [-0.39, 0.29) is 5.91 Å². The Morgan fingerprint density at radius 2 is 2.37 bits per heavy atom. The Hall–Kier alpha value is -1.42. The fourth-order valence-corrected chi connectivity index (χ4v) is 2.56. The van der Waals surface area contributed by atoms with Crippen molar-refractivity contribution in [1.29, 1.82) is 0 Å². The normalized spacial score (nSPS) is 20.2. The van der Waals surface area contributed by atoms with E-state index in [0.717, 1.165) is 19.5 Å². The quantitative estimate of drug-likeness (QED) is 0.825. The van der Waals surface area contributed by atoms with Gasteiger partial charge in [0.05, 0.1) is 0 Å². The first kappa shape index (κ1) is 14.0. The number of hydrogen-bond acceptors (Lipinski definition) is 3. The molecule has 1 amide bonds. The summed E-state index contributed by atoms with van der Waals surface area (Å²) in [4.78, 5) is 18.3. The first-order chi connectivity index (χ1) is 9.27. The number of nitrogens with one attached hydrogen (secondary N) is 1. The second kappa shape index (κ2) is 7.24. The van der Waals surface area contributed by atoms with Crippen molar-refractivity contribution in [3.05, 3.63) is 30.1 Å². The van der Waals surface area contributed by atoms with Gasteiger partial charge in [-0.1, -0.05) is 12.5 Å². The molecule has 1 aromatic heterocycles. The third-order valence-electron chi connectivity index (χ3n) is 3.75. The summed E-state index contributed by atoms with van der Waals surface area (Å²) in [5, 5.41) is 2.93. The topological polar surface area (TPSA) is 45.2 Å². The molecule has 1 aliphatic rings. The lowest BCUT2D eigenvalue weighted by atomic mass is 10.0. The number of carbonyl (C=O) groups is 1. The average molecular weight is 261 g/mol. The van der Waals surface area contributed by atoms with Gasteiger partial charge >= 0.3 is 0 Å². The van der Waals surface area contributed by atoms with E-state index >= 15 is 0 Å². The van der Waals surface area contributed by atoms with Gasteiger partial charge in [0.15, 0.2) is 0 Å². The van der Waals surface area contributed by atoms with Crippen molar-refractivity contribution in [3.63, 3.8) is 0 Å². The molecule has 0 aliphatic carbocycles. The van der Waals surface area contributed by atoms with E-state index < -0.39 is 0 Å². The van der Waals surface area contributed by atoms with Crippen LogP contribution in [0.2, 0.25) is 0 Å². The zero-order valence-corrected chi connectivity index (χ0v) is 11.6. The van der Waals surface area contributed by atoms with Gasteiger partial charge in [-0.15, -0.1) is 0 Å². The summed E-state index contributed by atoms with van der Waals surface area (Å²) in [7, 11) is 0. The Labute approximate surface area is 115 Å². The van der Waals surface area contributed by atoms with Gasteiger partial charge in [0, 0.05) is 25.3 Å². The van der Waals surface area contributed by atoms with Crippen LogP contribution in [-0.2, 0) is 0 Å². The number of pyridine rings is 1. The first-order valence-electron chi connectivity index (χ1n) is 7.20. The molecule has 1 fully saturated rings. The molecule has 0 bridgehead atoms. The Morgan fingerprint density at radius 1 is 1.47 bits per heavy atom. The van der Waals surface area contributed by atoms with E-state index in [4.69, 9.17) is 0 Å². The molecule has 1 aromatic rings. The molecule has 1 atom stereocenters. The summed E-state index contributed by atoms with van der Waals surface area (Å²) >= 11 is 0. The highest BCUT2D eigenvalue weighted by molar-refractivity contribution is 5.92. The molecule has 1 N–H and O–H groups in total. The predicted octanol–water partition coefficient (Wildman–Crippen LogP) is 2.08. The van der Waals surface area contributed by atoms with E-state index in [9.17, 15) is 4.79 Å². The second-order valence-electron chi connectivity index (χ2n) is 5.21. The monoisotopic (exact) mass is 261 g/mol. The zero-order chi connectivity index (χ0) is 13.5. The number of rotatable bonds is 5. The maximum atomic E-state index is 11.8. The third kappa shape index (κ3) is 4.31. The van der Waals surface area contributed by atoms with Gasteiger partial charge in [-0.2, -0.15) is 0 Å². The van der Waals surface area contributed by atoms with Crippen LogP contribution in [0.1, 0.15) is 43.1 Å². The molecule has 1 aliphatic heterocycles.